The molecule has 0 bridgehead atoms. The fourth-order valence-electron chi connectivity index (χ4n) is 1.40. The lowest BCUT2D eigenvalue weighted by molar-refractivity contribution is 0.722. The van der Waals surface area contributed by atoms with Crippen LogP contribution in [0.2, 0.25) is 5.02 Å². The number of nitrogens with two attached hydrogens (primary N) is 1. The van der Waals surface area contributed by atoms with Crippen LogP contribution in [0.3, 0.4) is 0 Å². The van der Waals surface area contributed by atoms with E-state index in [4.69, 9.17) is 17.3 Å². The number of halogens is 1. The quantitative estimate of drug-likeness (QED) is 0.799. The Morgan fingerprint density at radius 2 is 2.38 bits per heavy atom. The van der Waals surface area contributed by atoms with Crippen molar-refractivity contribution in [1.29, 1.82) is 0 Å². The molecule has 1 saturated carbocycles. The van der Waals surface area contributed by atoms with Crippen LogP contribution in [0.4, 0.5) is 0 Å². The van der Waals surface area contributed by atoms with Gasteiger partial charge in [-0.2, -0.15) is 0 Å². The SMILES string of the molecule is CC(N)Cc1ncc(C#CC2CC2)cc1Cl. The molecule has 0 amide bonds. The van der Waals surface area contributed by atoms with Gasteiger partial charge in [-0.25, -0.2) is 0 Å². The average Bonchev–Trinajstić information content (AvgIpc) is 3.02. The van der Waals surface area contributed by atoms with E-state index >= 15 is 0 Å². The largest absolute Gasteiger partial charge is 0.328 e. The first-order valence-electron chi connectivity index (χ1n) is 5.56. The molecule has 1 fully saturated rings. The standard InChI is InChI=1S/C13H15ClN2/c1-9(15)6-13-12(14)7-11(8-16-13)5-4-10-2-3-10/h7-10H,2-3,6,15H2,1H3. The lowest BCUT2D eigenvalue weighted by atomic mass is 10.1. The summed E-state index contributed by atoms with van der Waals surface area (Å²) in [5.41, 5.74) is 7.46. The maximum atomic E-state index is 6.12. The summed E-state index contributed by atoms with van der Waals surface area (Å²) in [6.07, 6.45) is 4.95. The summed E-state index contributed by atoms with van der Waals surface area (Å²) >= 11 is 6.12. The Labute approximate surface area is 101 Å². The molecule has 0 aliphatic heterocycles. The average molecular weight is 235 g/mol. The lowest BCUT2D eigenvalue weighted by Crippen LogP contribution is -2.18. The smallest absolute Gasteiger partial charge is 0.0634 e. The van der Waals surface area contributed by atoms with Gasteiger partial charge in [0.05, 0.1) is 10.7 Å². The van der Waals surface area contributed by atoms with E-state index in [0.717, 1.165) is 11.3 Å². The third kappa shape index (κ3) is 3.23. The highest BCUT2D eigenvalue weighted by Crippen LogP contribution is 2.27. The van der Waals surface area contributed by atoms with Gasteiger partial charge in [0.25, 0.3) is 0 Å². The first-order valence-corrected chi connectivity index (χ1v) is 5.94. The van der Waals surface area contributed by atoms with Crippen molar-refractivity contribution in [2.75, 3.05) is 0 Å². The number of pyridine rings is 1. The zero-order valence-corrected chi connectivity index (χ0v) is 10.1. The summed E-state index contributed by atoms with van der Waals surface area (Å²) in [6, 6.07) is 1.95. The van der Waals surface area contributed by atoms with Gasteiger partial charge in [-0.1, -0.05) is 23.4 Å². The van der Waals surface area contributed by atoms with Gasteiger partial charge < -0.3 is 5.73 Å². The number of rotatable bonds is 2. The normalized spacial score (nSPS) is 16.4. The second kappa shape index (κ2) is 4.86. The predicted molar refractivity (Wildman–Crippen MR) is 66.2 cm³/mol. The molecular formula is C13H15ClN2. The van der Waals surface area contributed by atoms with Crippen molar-refractivity contribution in [3.05, 3.63) is 28.5 Å². The zero-order chi connectivity index (χ0) is 11.5. The highest BCUT2D eigenvalue weighted by Gasteiger charge is 2.17. The highest BCUT2D eigenvalue weighted by atomic mass is 35.5. The maximum absolute atomic E-state index is 6.12. The maximum Gasteiger partial charge on any atom is 0.0634 e. The Kier molecular flexibility index (Phi) is 3.48. The molecule has 1 aromatic heterocycles. The van der Waals surface area contributed by atoms with Gasteiger partial charge >= 0.3 is 0 Å². The van der Waals surface area contributed by atoms with Crippen LogP contribution in [0.5, 0.6) is 0 Å². The molecule has 16 heavy (non-hydrogen) atoms. The van der Waals surface area contributed by atoms with Gasteiger partial charge in [-0.3, -0.25) is 4.98 Å². The molecule has 1 aromatic rings. The molecule has 84 valence electrons. The molecule has 2 N–H and O–H groups in total. The Balaban J connectivity index is 2.12. The van der Waals surface area contributed by atoms with E-state index in [9.17, 15) is 0 Å². The van der Waals surface area contributed by atoms with Crippen molar-refractivity contribution in [3.63, 3.8) is 0 Å². The van der Waals surface area contributed by atoms with Gasteiger partial charge in [0.15, 0.2) is 0 Å². The predicted octanol–water partition coefficient (Wildman–Crippen LogP) is 2.39. The van der Waals surface area contributed by atoms with Crippen LogP contribution in [-0.2, 0) is 6.42 Å². The molecule has 0 radical (unpaired) electrons. The van der Waals surface area contributed by atoms with Crippen molar-refractivity contribution in [2.45, 2.75) is 32.2 Å². The number of hydrogen-bond donors (Lipinski definition) is 1. The molecule has 3 heteroatoms. The highest BCUT2D eigenvalue weighted by molar-refractivity contribution is 6.31. The van der Waals surface area contributed by atoms with Crippen LogP contribution < -0.4 is 5.73 Å². The summed E-state index contributed by atoms with van der Waals surface area (Å²) in [7, 11) is 0. The molecule has 1 aliphatic rings. The summed E-state index contributed by atoms with van der Waals surface area (Å²) in [5, 5.41) is 0.667. The Morgan fingerprint density at radius 1 is 1.62 bits per heavy atom. The van der Waals surface area contributed by atoms with E-state index < -0.39 is 0 Å². The molecule has 1 heterocycles. The van der Waals surface area contributed by atoms with Crippen molar-refractivity contribution >= 4 is 11.6 Å². The van der Waals surface area contributed by atoms with Gasteiger partial charge in [0.1, 0.15) is 0 Å². The molecule has 2 nitrogen and oxygen atoms in total. The summed E-state index contributed by atoms with van der Waals surface area (Å²) in [6.45, 7) is 1.94. The van der Waals surface area contributed by atoms with Crippen molar-refractivity contribution in [3.8, 4) is 11.8 Å². The second-order valence-electron chi connectivity index (χ2n) is 4.38. The molecular weight excluding hydrogens is 220 g/mol. The zero-order valence-electron chi connectivity index (χ0n) is 9.33. The number of nitrogens with zero attached hydrogens (tertiary/aromatic N) is 1. The van der Waals surface area contributed by atoms with Gasteiger partial charge in [0.2, 0.25) is 0 Å². The molecule has 2 rings (SSSR count). The topological polar surface area (TPSA) is 38.9 Å². The fraction of sp³-hybridized carbons (Fsp3) is 0.462. The second-order valence-corrected chi connectivity index (χ2v) is 4.78. The van der Waals surface area contributed by atoms with Crippen LogP contribution in [0.15, 0.2) is 12.3 Å². The van der Waals surface area contributed by atoms with Gasteiger partial charge in [-0.05, 0) is 25.8 Å². The monoisotopic (exact) mass is 234 g/mol. The van der Waals surface area contributed by atoms with E-state index in [1.807, 2.05) is 13.0 Å². The van der Waals surface area contributed by atoms with Crippen LogP contribution in [0, 0.1) is 17.8 Å². The van der Waals surface area contributed by atoms with Crippen LogP contribution in [-0.4, -0.2) is 11.0 Å². The van der Waals surface area contributed by atoms with Crippen molar-refractivity contribution < 1.29 is 0 Å². The van der Waals surface area contributed by atoms with E-state index in [-0.39, 0.29) is 6.04 Å². The molecule has 0 aromatic carbocycles. The van der Waals surface area contributed by atoms with Crippen LogP contribution >= 0.6 is 11.6 Å². The Morgan fingerprint density at radius 3 is 2.94 bits per heavy atom. The van der Waals surface area contributed by atoms with E-state index in [2.05, 4.69) is 16.8 Å². The Hall–Kier alpha value is -1.04. The molecule has 0 spiro atoms. The molecule has 1 aliphatic carbocycles. The Bertz CT molecular complexity index is 439. The number of aromatic nitrogens is 1. The summed E-state index contributed by atoms with van der Waals surface area (Å²) < 4.78 is 0. The molecule has 0 saturated heterocycles. The molecule has 1 atom stereocenters. The minimum Gasteiger partial charge on any atom is -0.328 e. The van der Waals surface area contributed by atoms with Crippen molar-refractivity contribution in [1.82, 2.24) is 4.98 Å². The van der Waals surface area contributed by atoms with E-state index in [1.54, 1.807) is 6.20 Å². The minimum atomic E-state index is 0.0772. The third-order valence-electron chi connectivity index (χ3n) is 2.43. The lowest BCUT2D eigenvalue weighted by Gasteiger charge is -2.06. The fourth-order valence-corrected chi connectivity index (χ4v) is 1.65. The third-order valence-corrected chi connectivity index (χ3v) is 2.76. The molecule has 1 unspecified atom stereocenters. The van der Waals surface area contributed by atoms with E-state index in [0.29, 0.717) is 17.4 Å². The van der Waals surface area contributed by atoms with Gasteiger partial charge in [-0.15, -0.1) is 0 Å². The van der Waals surface area contributed by atoms with Crippen LogP contribution in [0.1, 0.15) is 31.0 Å². The van der Waals surface area contributed by atoms with Crippen molar-refractivity contribution in [2.24, 2.45) is 11.7 Å². The summed E-state index contributed by atoms with van der Waals surface area (Å²) in [5.74, 6) is 6.89. The summed E-state index contributed by atoms with van der Waals surface area (Å²) in [4.78, 5) is 4.30. The minimum absolute atomic E-state index is 0.0772. The van der Waals surface area contributed by atoms with E-state index in [1.165, 1.54) is 12.8 Å². The number of hydrogen-bond acceptors (Lipinski definition) is 2. The first kappa shape index (κ1) is 11.4. The van der Waals surface area contributed by atoms with Crippen LogP contribution in [0.25, 0.3) is 0 Å². The first-order chi connectivity index (χ1) is 7.65. The van der Waals surface area contributed by atoms with Gasteiger partial charge in [0, 0.05) is 30.1 Å².